The highest BCUT2D eigenvalue weighted by molar-refractivity contribution is 5.65. The maximum Gasteiger partial charge on any atom is 0.254 e. The van der Waals surface area contributed by atoms with Gasteiger partial charge in [0.05, 0.1) is 5.69 Å². The minimum absolute atomic E-state index is 0.276. The number of fused-ring (bicyclic) bond motifs is 1. The Morgan fingerprint density at radius 1 is 1.13 bits per heavy atom. The van der Waals surface area contributed by atoms with Crippen molar-refractivity contribution in [2.45, 2.75) is 12.8 Å². The zero-order valence-electron chi connectivity index (χ0n) is 12.8. The molecule has 1 saturated heterocycles. The van der Waals surface area contributed by atoms with E-state index in [1.807, 2.05) is 18.2 Å². The van der Waals surface area contributed by atoms with Crippen LogP contribution in [0.1, 0.15) is 12.8 Å². The number of hydrogen-bond acceptors (Lipinski definition) is 5. The van der Waals surface area contributed by atoms with E-state index >= 15 is 0 Å². The number of aliphatic hydroxyl groups is 1. The van der Waals surface area contributed by atoms with Crippen molar-refractivity contribution in [3.8, 4) is 11.3 Å². The van der Waals surface area contributed by atoms with Crippen LogP contribution in [0.2, 0.25) is 0 Å². The van der Waals surface area contributed by atoms with Gasteiger partial charge in [0.1, 0.15) is 12.1 Å². The first-order valence-electron chi connectivity index (χ1n) is 7.97. The van der Waals surface area contributed by atoms with E-state index in [0.29, 0.717) is 11.7 Å². The SMILES string of the molecule is OCC1CCN(c2cc(-c3ccccc3)nc3ncnn23)CC1. The van der Waals surface area contributed by atoms with E-state index in [2.05, 4.69) is 38.2 Å². The molecule has 0 saturated carbocycles. The first kappa shape index (κ1) is 14.1. The molecule has 2 aromatic heterocycles. The standard InChI is InChI=1S/C17H19N5O/c23-11-13-6-8-21(9-7-13)16-10-15(14-4-2-1-3-5-14)20-17-18-12-19-22(16)17/h1-5,10,12-13,23H,6-9,11H2. The summed E-state index contributed by atoms with van der Waals surface area (Å²) in [6.07, 6.45) is 3.53. The molecule has 1 aliphatic rings. The monoisotopic (exact) mass is 309 g/mol. The summed E-state index contributed by atoms with van der Waals surface area (Å²) in [7, 11) is 0. The summed E-state index contributed by atoms with van der Waals surface area (Å²) >= 11 is 0. The molecule has 0 radical (unpaired) electrons. The molecule has 118 valence electrons. The molecule has 4 rings (SSSR count). The van der Waals surface area contributed by atoms with E-state index < -0.39 is 0 Å². The van der Waals surface area contributed by atoms with E-state index in [4.69, 9.17) is 0 Å². The lowest BCUT2D eigenvalue weighted by atomic mass is 9.98. The van der Waals surface area contributed by atoms with Gasteiger partial charge >= 0.3 is 0 Å². The zero-order valence-corrected chi connectivity index (χ0v) is 12.8. The van der Waals surface area contributed by atoms with Crippen LogP contribution in [0.4, 0.5) is 5.82 Å². The highest BCUT2D eigenvalue weighted by atomic mass is 16.3. The first-order chi connectivity index (χ1) is 11.3. The van der Waals surface area contributed by atoms with Gasteiger partial charge in [-0.1, -0.05) is 30.3 Å². The fraction of sp³-hybridized carbons (Fsp3) is 0.353. The van der Waals surface area contributed by atoms with Crippen LogP contribution in [0.5, 0.6) is 0 Å². The van der Waals surface area contributed by atoms with Crippen LogP contribution in [0.25, 0.3) is 17.0 Å². The van der Waals surface area contributed by atoms with Crippen LogP contribution in [0.3, 0.4) is 0 Å². The van der Waals surface area contributed by atoms with E-state index in [-0.39, 0.29) is 6.61 Å². The predicted molar refractivity (Wildman–Crippen MR) is 88.2 cm³/mol. The Morgan fingerprint density at radius 3 is 2.65 bits per heavy atom. The van der Waals surface area contributed by atoms with Crippen LogP contribution < -0.4 is 4.90 Å². The van der Waals surface area contributed by atoms with Gasteiger partial charge in [-0.25, -0.2) is 4.98 Å². The molecule has 0 aliphatic carbocycles. The van der Waals surface area contributed by atoms with Gasteiger partial charge < -0.3 is 10.0 Å². The van der Waals surface area contributed by atoms with Crippen LogP contribution in [0.15, 0.2) is 42.7 Å². The number of hydrogen-bond donors (Lipinski definition) is 1. The van der Waals surface area contributed by atoms with Crippen LogP contribution in [0, 0.1) is 5.92 Å². The maximum atomic E-state index is 9.32. The summed E-state index contributed by atoms with van der Waals surface area (Å²) in [6.45, 7) is 2.11. The third-order valence-electron chi connectivity index (χ3n) is 4.50. The Bertz CT molecular complexity index is 793. The van der Waals surface area contributed by atoms with Gasteiger partial charge in [-0.15, -0.1) is 0 Å². The minimum atomic E-state index is 0.276. The minimum Gasteiger partial charge on any atom is -0.396 e. The lowest BCUT2D eigenvalue weighted by Crippen LogP contribution is -2.36. The topological polar surface area (TPSA) is 66.5 Å². The summed E-state index contributed by atoms with van der Waals surface area (Å²) in [6, 6.07) is 12.2. The van der Waals surface area contributed by atoms with Gasteiger partial charge in [0, 0.05) is 31.3 Å². The van der Waals surface area contributed by atoms with Crippen LogP contribution >= 0.6 is 0 Å². The van der Waals surface area contributed by atoms with Crippen molar-refractivity contribution in [2.24, 2.45) is 5.92 Å². The quantitative estimate of drug-likeness (QED) is 0.801. The molecule has 0 bridgehead atoms. The van der Waals surface area contributed by atoms with Crippen molar-refractivity contribution >= 4 is 11.6 Å². The van der Waals surface area contributed by atoms with Crippen LogP contribution in [-0.4, -0.2) is 44.4 Å². The number of anilines is 1. The van der Waals surface area contributed by atoms with Gasteiger partial charge in [0.25, 0.3) is 5.78 Å². The molecular weight excluding hydrogens is 290 g/mol. The van der Waals surface area contributed by atoms with Crippen molar-refractivity contribution in [3.05, 3.63) is 42.7 Å². The molecule has 1 aliphatic heterocycles. The molecular formula is C17H19N5O. The normalized spacial score (nSPS) is 16.1. The van der Waals surface area contributed by atoms with E-state index in [1.165, 1.54) is 0 Å². The first-order valence-corrected chi connectivity index (χ1v) is 7.97. The number of rotatable bonds is 3. The fourth-order valence-electron chi connectivity index (χ4n) is 3.12. The third-order valence-corrected chi connectivity index (χ3v) is 4.50. The Balaban J connectivity index is 1.75. The molecule has 0 atom stereocenters. The van der Waals surface area contributed by atoms with Crippen molar-refractivity contribution < 1.29 is 5.11 Å². The number of benzene rings is 1. The maximum absolute atomic E-state index is 9.32. The number of aliphatic hydroxyl groups excluding tert-OH is 1. The largest absolute Gasteiger partial charge is 0.396 e. The van der Waals surface area contributed by atoms with Gasteiger partial charge in [-0.2, -0.15) is 14.6 Å². The van der Waals surface area contributed by atoms with Gasteiger partial charge in [0.2, 0.25) is 0 Å². The van der Waals surface area contributed by atoms with Crippen molar-refractivity contribution in [1.82, 2.24) is 19.6 Å². The van der Waals surface area contributed by atoms with Gasteiger partial charge in [0.15, 0.2) is 0 Å². The lowest BCUT2D eigenvalue weighted by Gasteiger charge is -2.32. The third kappa shape index (κ3) is 2.66. The lowest BCUT2D eigenvalue weighted by molar-refractivity contribution is 0.202. The molecule has 0 spiro atoms. The second-order valence-electron chi connectivity index (χ2n) is 5.95. The van der Waals surface area contributed by atoms with Crippen molar-refractivity contribution in [3.63, 3.8) is 0 Å². The molecule has 1 N–H and O–H groups in total. The fourth-order valence-corrected chi connectivity index (χ4v) is 3.12. The Hall–Kier alpha value is -2.47. The average molecular weight is 309 g/mol. The Labute approximate surface area is 134 Å². The summed E-state index contributed by atoms with van der Waals surface area (Å²) in [4.78, 5) is 11.2. The molecule has 6 nitrogen and oxygen atoms in total. The van der Waals surface area contributed by atoms with Gasteiger partial charge in [-0.3, -0.25) is 0 Å². The summed E-state index contributed by atoms with van der Waals surface area (Å²) in [5, 5.41) is 13.6. The number of nitrogens with zero attached hydrogens (tertiary/aromatic N) is 5. The molecule has 1 aromatic carbocycles. The Morgan fingerprint density at radius 2 is 1.91 bits per heavy atom. The Kier molecular flexibility index (Phi) is 3.67. The highest BCUT2D eigenvalue weighted by Crippen LogP contribution is 2.27. The molecule has 3 aromatic rings. The number of aromatic nitrogens is 4. The average Bonchev–Trinajstić information content (AvgIpc) is 3.10. The van der Waals surface area contributed by atoms with Crippen molar-refractivity contribution in [2.75, 3.05) is 24.6 Å². The van der Waals surface area contributed by atoms with Crippen molar-refractivity contribution in [1.29, 1.82) is 0 Å². The predicted octanol–water partition coefficient (Wildman–Crippen LogP) is 2.00. The zero-order chi connectivity index (χ0) is 15.6. The van der Waals surface area contributed by atoms with Gasteiger partial charge in [-0.05, 0) is 18.8 Å². The summed E-state index contributed by atoms with van der Waals surface area (Å²) in [5.74, 6) is 2.04. The molecule has 0 amide bonds. The molecule has 23 heavy (non-hydrogen) atoms. The van der Waals surface area contributed by atoms with E-state index in [9.17, 15) is 5.11 Å². The molecule has 1 fully saturated rings. The van der Waals surface area contributed by atoms with Crippen LogP contribution in [-0.2, 0) is 0 Å². The van der Waals surface area contributed by atoms with E-state index in [0.717, 1.165) is 43.0 Å². The second kappa shape index (κ2) is 5.96. The van der Waals surface area contributed by atoms with E-state index in [1.54, 1.807) is 10.8 Å². The smallest absolute Gasteiger partial charge is 0.254 e. The highest BCUT2D eigenvalue weighted by Gasteiger charge is 2.22. The summed E-state index contributed by atoms with van der Waals surface area (Å²) in [5.41, 5.74) is 1.98. The molecule has 0 unspecified atom stereocenters. The molecule has 6 heteroatoms. The number of piperidine rings is 1. The second-order valence-corrected chi connectivity index (χ2v) is 5.95. The summed E-state index contributed by atoms with van der Waals surface area (Å²) < 4.78 is 1.80. The molecule has 3 heterocycles.